The summed E-state index contributed by atoms with van der Waals surface area (Å²) in [6.45, 7) is 7.30. The zero-order valence-electron chi connectivity index (χ0n) is 15.6. The average Bonchev–Trinajstić information content (AvgIpc) is 3.03. The molecule has 1 aliphatic heterocycles. The van der Waals surface area contributed by atoms with Gasteiger partial charge in [-0.25, -0.2) is 4.79 Å². The molecule has 3 nitrogen and oxygen atoms in total. The summed E-state index contributed by atoms with van der Waals surface area (Å²) in [4.78, 5) is 15.3. The number of carbonyl (C=O) groups is 1. The molecule has 3 rings (SSSR count). The predicted octanol–water partition coefficient (Wildman–Crippen LogP) is 6.26. The van der Waals surface area contributed by atoms with Gasteiger partial charge >= 0.3 is 6.09 Å². The van der Waals surface area contributed by atoms with E-state index in [1.165, 1.54) is 16.0 Å². The Morgan fingerprint density at radius 1 is 1.23 bits per heavy atom. The highest BCUT2D eigenvalue weighted by Gasteiger charge is 2.27. The molecule has 1 aromatic heterocycles. The van der Waals surface area contributed by atoms with Crippen molar-refractivity contribution >= 4 is 29.0 Å². The maximum atomic E-state index is 12.2. The third-order valence-corrected chi connectivity index (χ3v) is 5.85. The topological polar surface area (TPSA) is 29.5 Å². The van der Waals surface area contributed by atoms with Crippen molar-refractivity contribution in [1.29, 1.82) is 0 Å². The molecule has 0 aliphatic carbocycles. The first kappa shape index (κ1) is 19.2. The lowest BCUT2D eigenvalue weighted by Gasteiger charge is -2.33. The van der Waals surface area contributed by atoms with E-state index in [4.69, 9.17) is 16.3 Å². The van der Waals surface area contributed by atoms with Crippen LogP contribution in [-0.4, -0.2) is 29.7 Å². The number of thiophene rings is 1. The number of benzene rings is 1. The number of likely N-dealkylation sites (tertiary alicyclic amines) is 1. The summed E-state index contributed by atoms with van der Waals surface area (Å²) in [5.74, 6) is 0.626. The fraction of sp³-hybridized carbons (Fsp3) is 0.476. The monoisotopic (exact) mass is 391 g/mol. The van der Waals surface area contributed by atoms with E-state index in [-0.39, 0.29) is 6.09 Å². The molecule has 2 heterocycles. The van der Waals surface area contributed by atoms with Gasteiger partial charge in [-0.1, -0.05) is 23.7 Å². The molecule has 0 radical (unpaired) electrons. The van der Waals surface area contributed by atoms with Gasteiger partial charge < -0.3 is 9.64 Å². The summed E-state index contributed by atoms with van der Waals surface area (Å²) in [5, 5.41) is 3.02. The number of halogens is 1. The number of piperidine rings is 1. The second kappa shape index (κ2) is 8.01. The zero-order valence-corrected chi connectivity index (χ0v) is 17.2. The molecule has 5 heteroatoms. The summed E-state index contributed by atoms with van der Waals surface area (Å²) >= 11 is 7.75. The average molecular weight is 392 g/mol. The van der Waals surface area contributed by atoms with E-state index in [1.54, 1.807) is 11.3 Å². The Morgan fingerprint density at radius 2 is 1.88 bits per heavy atom. The molecule has 1 fully saturated rings. The largest absolute Gasteiger partial charge is 0.444 e. The molecule has 0 atom stereocenters. The van der Waals surface area contributed by atoms with Gasteiger partial charge in [0.25, 0.3) is 0 Å². The van der Waals surface area contributed by atoms with Crippen LogP contribution in [0.1, 0.15) is 39.2 Å². The molecular formula is C21H26ClNO2S. The van der Waals surface area contributed by atoms with Crippen molar-refractivity contribution in [3.05, 3.63) is 46.3 Å². The number of hydrogen-bond acceptors (Lipinski definition) is 3. The number of rotatable bonds is 3. The Hall–Kier alpha value is -1.52. The van der Waals surface area contributed by atoms with Crippen LogP contribution < -0.4 is 0 Å². The van der Waals surface area contributed by atoms with E-state index in [0.29, 0.717) is 5.92 Å². The summed E-state index contributed by atoms with van der Waals surface area (Å²) in [6, 6.07) is 10.3. The van der Waals surface area contributed by atoms with Crippen LogP contribution in [0.4, 0.5) is 4.79 Å². The van der Waals surface area contributed by atoms with Crippen molar-refractivity contribution in [2.45, 2.75) is 45.6 Å². The van der Waals surface area contributed by atoms with Gasteiger partial charge in [-0.05, 0) is 80.7 Å². The Balaban J connectivity index is 1.52. The van der Waals surface area contributed by atoms with Crippen LogP contribution in [-0.2, 0) is 11.2 Å². The van der Waals surface area contributed by atoms with Crippen molar-refractivity contribution in [2.24, 2.45) is 5.92 Å². The quantitative estimate of drug-likeness (QED) is 0.618. The van der Waals surface area contributed by atoms with Crippen LogP contribution in [0.2, 0.25) is 5.02 Å². The van der Waals surface area contributed by atoms with Crippen LogP contribution in [0.15, 0.2) is 35.7 Å². The number of ether oxygens (including phenoxy) is 1. The van der Waals surface area contributed by atoms with Crippen LogP contribution in [0.3, 0.4) is 0 Å². The zero-order chi connectivity index (χ0) is 18.7. The highest BCUT2D eigenvalue weighted by Crippen LogP contribution is 2.31. The number of amides is 1. The van der Waals surface area contributed by atoms with E-state index in [2.05, 4.69) is 23.6 Å². The first-order valence-corrected chi connectivity index (χ1v) is 10.4. The lowest BCUT2D eigenvalue weighted by Crippen LogP contribution is -2.42. The molecule has 140 valence electrons. The van der Waals surface area contributed by atoms with Crippen LogP contribution in [0.5, 0.6) is 0 Å². The fourth-order valence-electron chi connectivity index (χ4n) is 3.23. The second-order valence-corrected chi connectivity index (χ2v) is 9.29. The van der Waals surface area contributed by atoms with Gasteiger partial charge in [-0.15, -0.1) is 11.3 Å². The molecule has 2 aromatic rings. The molecule has 0 N–H and O–H groups in total. The van der Waals surface area contributed by atoms with E-state index < -0.39 is 5.60 Å². The number of carbonyl (C=O) groups excluding carboxylic acids is 1. The molecule has 0 saturated carbocycles. The first-order chi connectivity index (χ1) is 12.3. The number of hydrogen-bond donors (Lipinski definition) is 0. The van der Waals surface area contributed by atoms with Crippen LogP contribution >= 0.6 is 22.9 Å². The molecule has 0 bridgehead atoms. The van der Waals surface area contributed by atoms with Crippen molar-refractivity contribution in [1.82, 2.24) is 4.90 Å². The lowest BCUT2D eigenvalue weighted by atomic mass is 9.91. The standard InChI is InChI=1S/C21H26ClNO2S/c1-21(2,3)25-20(24)23-10-8-15(9-11-23)12-16-13-19(26-14-16)17-4-6-18(22)7-5-17/h4-7,13-15H,8-12H2,1-3H3. The molecule has 26 heavy (non-hydrogen) atoms. The van der Waals surface area contributed by atoms with Gasteiger partial charge in [0.05, 0.1) is 0 Å². The molecule has 1 saturated heterocycles. The Kier molecular flexibility index (Phi) is 5.93. The van der Waals surface area contributed by atoms with E-state index in [9.17, 15) is 4.79 Å². The highest BCUT2D eigenvalue weighted by molar-refractivity contribution is 7.13. The minimum atomic E-state index is -0.428. The van der Waals surface area contributed by atoms with Gasteiger partial charge in [-0.2, -0.15) is 0 Å². The lowest BCUT2D eigenvalue weighted by molar-refractivity contribution is 0.0184. The molecule has 0 unspecified atom stereocenters. The first-order valence-electron chi connectivity index (χ1n) is 9.11. The highest BCUT2D eigenvalue weighted by atomic mass is 35.5. The van der Waals surface area contributed by atoms with Crippen molar-refractivity contribution < 1.29 is 9.53 Å². The van der Waals surface area contributed by atoms with Gasteiger partial charge in [0, 0.05) is 23.0 Å². The summed E-state index contributed by atoms with van der Waals surface area (Å²) in [5.41, 5.74) is 2.17. The molecule has 1 aromatic carbocycles. The Labute approximate surface area is 164 Å². The summed E-state index contributed by atoms with van der Waals surface area (Å²) < 4.78 is 5.47. The third-order valence-electron chi connectivity index (χ3n) is 4.57. The SMILES string of the molecule is CC(C)(C)OC(=O)N1CCC(Cc2csc(-c3ccc(Cl)cc3)c2)CC1. The summed E-state index contributed by atoms with van der Waals surface area (Å²) in [7, 11) is 0. The predicted molar refractivity (Wildman–Crippen MR) is 109 cm³/mol. The van der Waals surface area contributed by atoms with Crippen molar-refractivity contribution in [2.75, 3.05) is 13.1 Å². The van der Waals surface area contributed by atoms with E-state index in [1.807, 2.05) is 37.8 Å². The molecule has 1 aliphatic rings. The maximum absolute atomic E-state index is 12.2. The number of nitrogens with zero attached hydrogens (tertiary/aromatic N) is 1. The smallest absolute Gasteiger partial charge is 0.410 e. The maximum Gasteiger partial charge on any atom is 0.410 e. The van der Waals surface area contributed by atoms with Crippen LogP contribution in [0, 0.1) is 5.92 Å². The summed E-state index contributed by atoms with van der Waals surface area (Å²) in [6.07, 6.45) is 2.96. The molecular weight excluding hydrogens is 366 g/mol. The van der Waals surface area contributed by atoms with Gasteiger partial charge in [0.1, 0.15) is 5.60 Å². The van der Waals surface area contributed by atoms with E-state index in [0.717, 1.165) is 37.4 Å². The fourth-order valence-corrected chi connectivity index (χ4v) is 4.29. The van der Waals surface area contributed by atoms with Gasteiger partial charge in [0.2, 0.25) is 0 Å². The minimum Gasteiger partial charge on any atom is -0.444 e. The third kappa shape index (κ3) is 5.24. The van der Waals surface area contributed by atoms with E-state index >= 15 is 0 Å². The molecule has 1 amide bonds. The second-order valence-electron chi connectivity index (χ2n) is 7.94. The van der Waals surface area contributed by atoms with Crippen molar-refractivity contribution in [3.8, 4) is 10.4 Å². The molecule has 0 spiro atoms. The van der Waals surface area contributed by atoms with Crippen LogP contribution in [0.25, 0.3) is 10.4 Å². The normalized spacial score (nSPS) is 15.9. The minimum absolute atomic E-state index is 0.184. The Bertz CT molecular complexity index is 740. The van der Waals surface area contributed by atoms with Gasteiger partial charge in [0.15, 0.2) is 0 Å². The van der Waals surface area contributed by atoms with Gasteiger partial charge in [-0.3, -0.25) is 0 Å². The van der Waals surface area contributed by atoms with Crippen molar-refractivity contribution in [3.63, 3.8) is 0 Å². The Morgan fingerprint density at radius 3 is 2.50 bits per heavy atom.